The van der Waals surface area contributed by atoms with E-state index in [0.717, 1.165) is 11.3 Å². The summed E-state index contributed by atoms with van der Waals surface area (Å²) in [7, 11) is 0. The zero-order valence-electron chi connectivity index (χ0n) is 11.3. The van der Waals surface area contributed by atoms with Gasteiger partial charge in [-0.15, -0.1) is 0 Å². The monoisotopic (exact) mass is 380 g/mol. The smallest absolute Gasteiger partial charge is 0.142 e. The number of aliphatic hydroxyl groups is 1. The number of hydrogen-bond acceptors (Lipinski definition) is 2. The van der Waals surface area contributed by atoms with E-state index < -0.39 is 6.10 Å². The number of halogens is 3. The Morgan fingerprint density at radius 3 is 2.91 bits per heavy atom. The fourth-order valence-corrected chi connectivity index (χ4v) is 3.73. The van der Waals surface area contributed by atoms with Gasteiger partial charge in [-0.3, -0.25) is 0 Å². The zero-order chi connectivity index (χ0) is 15.4. The van der Waals surface area contributed by atoms with Crippen LogP contribution < -0.4 is 0 Å². The molecule has 2 atom stereocenters. The summed E-state index contributed by atoms with van der Waals surface area (Å²) in [5, 5.41) is 11.0. The molecule has 2 aromatic heterocycles. The molecule has 0 fully saturated rings. The predicted octanol–water partition coefficient (Wildman–Crippen LogP) is 4.46. The largest absolute Gasteiger partial charge is 0.387 e. The molecule has 1 aromatic carbocycles. The Kier molecular flexibility index (Phi) is 3.25. The van der Waals surface area contributed by atoms with Crippen molar-refractivity contribution in [3.05, 3.63) is 68.8 Å². The number of fused-ring (bicyclic) bond motifs is 3. The molecule has 0 saturated heterocycles. The molecule has 2 heterocycles. The highest BCUT2D eigenvalue weighted by Gasteiger charge is 2.36. The summed E-state index contributed by atoms with van der Waals surface area (Å²) in [4.78, 5) is 4.39. The molecule has 0 amide bonds. The average molecular weight is 382 g/mol. The van der Waals surface area contributed by atoms with Gasteiger partial charge in [-0.25, -0.2) is 9.37 Å². The first-order valence-electron chi connectivity index (χ1n) is 6.85. The molecule has 4 rings (SSSR count). The average Bonchev–Trinajstić information content (AvgIpc) is 2.99. The lowest BCUT2D eigenvalue weighted by Gasteiger charge is -2.14. The van der Waals surface area contributed by atoms with Crippen molar-refractivity contribution in [1.29, 1.82) is 0 Å². The second-order valence-electron chi connectivity index (χ2n) is 5.41. The van der Waals surface area contributed by atoms with E-state index in [1.807, 2.05) is 28.7 Å². The van der Waals surface area contributed by atoms with Crippen LogP contribution in [0, 0.1) is 5.82 Å². The minimum Gasteiger partial charge on any atom is -0.387 e. The number of aromatic nitrogens is 2. The highest BCUT2D eigenvalue weighted by molar-refractivity contribution is 9.10. The number of imidazole rings is 1. The standard InChI is InChI=1S/C16H11BrClFN2O/c17-10-7-21-14(6-12(10)19)20-15-13(22)5-9(16(15)21)8-3-1-2-4-11(8)18/h1-4,6-7,9,13,22H,5H2/t9-,13?/m0/s1. The summed E-state index contributed by atoms with van der Waals surface area (Å²) >= 11 is 9.52. The van der Waals surface area contributed by atoms with Gasteiger partial charge < -0.3 is 9.51 Å². The van der Waals surface area contributed by atoms with E-state index in [9.17, 15) is 9.50 Å². The first kappa shape index (κ1) is 14.2. The van der Waals surface area contributed by atoms with Gasteiger partial charge >= 0.3 is 0 Å². The van der Waals surface area contributed by atoms with Crippen LogP contribution in [0.4, 0.5) is 4.39 Å². The zero-order valence-corrected chi connectivity index (χ0v) is 13.6. The highest BCUT2D eigenvalue weighted by atomic mass is 79.9. The highest BCUT2D eigenvalue weighted by Crippen LogP contribution is 2.46. The van der Waals surface area contributed by atoms with Gasteiger partial charge in [0.2, 0.25) is 0 Å². The third kappa shape index (κ3) is 2.00. The van der Waals surface area contributed by atoms with Crippen LogP contribution in [0.25, 0.3) is 5.65 Å². The van der Waals surface area contributed by atoms with Crippen molar-refractivity contribution in [2.24, 2.45) is 0 Å². The minimum absolute atomic E-state index is 0.0638. The summed E-state index contributed by atoms with van der Waals surface area (Å²) in [6.45, 7) is 0. The summed E-state index contributed by atoms with van der Waals surface area (Å²) < 4.78 is 15.9. The first-order chi connectivity index (χ1) is 10.6. The molecular formula is C16H11BrClFN2O. The second kappa shape index (κ2) is 5.05. The van der Waals surface area contributed by atoms with Gasteiger partial charge in [0, 0.05) is 23.2 Å². The topological polar surface area (TPSA) is 37.5 Å². The second-order valence-corrected chi connectivity index (χ2v) is 6.67. The normalized spacial score (nSPS) is 20.5. The quantitative estimate of drug-likeness (QED) is 0.676. The molecule has 0 bridgehead atoms. The predicted molar refractivity (Wildman–Crippen MR) is 85.7 cm³/mol. The molecule has 0 radical (unpaired) electrons. The molecule has 1 N–H and O–H groups in total. The van der Waals surface area contributed by atoms with Gasteiger partial charge in [-0.05, 0) is 34.0 Å². The van der Waals surface area contributed by atoms with Crippen molar-refractivity contribution in [3.8, 4) is 0 Å². The maximum absolute atomic E-state index is 13.7. The van der Waals surface area contributed by atoms with Crippen molar-refractivity contribution >= 4 is 33.2 Å². The fourth-order valence-electron chi connectivity index (χ4n) is 3.15. The van der Waals surface area contributed by atoms with Crippen LogP contribution in [0.5, 0.6) is 0 Å². The number of nitrogens with zero attached hydrogens (tertiary/aromatic N) is 2. The van der Waals surface area contributed by atoms with E-state index in [2.05, 4.69) is 20.9 Å². The van der Waals surface area contributed by atoms with Crippen LogP contribution in [0.3, 0.4) is 0 Å². The van der Waals surface area contributed by atoms with Crippen molar-refractivity contribution in [1.82, 2.24) is 9.38 Å². The lowest BCUT2D eigenvalue weighted by Crippen LogP contribution is -2.03. The summed E-state index contributed by atoms with van der Waals surface area (Å²) in [5.74, 6) is -0.439. The molecule has 3 nitrogen and oxygen atoms in total. The Morgan fingerprint density at radius 1 is 1.36 bits per heavy atom. The van der Waals surface area contributed by atoms with E-state index in [1.165, 1.54) is 6.07 Å². The Labute approximate surface area is 139 Å². The Morgan fingerprint density at radius 2 is 2.14 bits per heavy atom. The van der Waals surface area contributed by atoms with Gasteiger partial charge in [-0.1, -0.05) is 29.8 Å². The number of pyridine rings is 1. The summed E-state index contributed by atoms with van der Waals surface area (Å²) in [6, 6.07) is 8.94. The molecule has 1 aliphatic rings. The van der Waals surface area contributed by atoms with Gasteiger partial charge in [0.1, 0.15) is 11.5 Å². The third-order valence-electron chi connectivity index (χ3n) is 4.12. The lowest BCUT2D eigenvalue weighted by atomic mass is 9.96. The number of aliphatic hydroxyl groups excluding tert-OH is 1. The van der Waals surface area contributed by atoms with Crippen LogP contribution in [0.2, 0.25) is 5.02 Å². The molecule has 6 heteroatoms. The molecule has 1 aliphatic carbocycles. The first-order valence-corrected chi connectivity index (χ1v) is 8.02. The Hall–Kier alpha value is -1.43. The van der Waals surface area contributed by atoms with Crippen LogP contribution in [0.15, 0.2) is 41.0 Å². The lowest BCUT2D eigenvalue weighted by molar-refractivity contribution is 0.172. The molecule has 3 aromatic rings. The third-order valence-corrected chi connectivity index (χ3v) is 5.04. The van der Waals surface area contributed by atoms with Crippen molar-refractivity contribution in [2.45, 2.75) is 18.4 Å². The van der Waals surface area contributed by atoms with E-state index >= 15 is 0 Å². The minimum atomic E-state index is -0.669. The Balaban J connectivity index is 1.98. The van der Waals surface area contributed by atoms with E-state index in [0.29, 0.717) is 27.3 Å². The maximum atomic E-state index is 13.7. The SMILES string of the molecule is OC1C[C@@H](c2ccccc2Cl)c2c1nc1cc(F)c(Br)cn21. The van der Waals surface area contributed by atoms with Crippen molar-refractivity contribution in [3.63, 3.8) is 0 Å². The van der Waals surface area contributed by atoms with Crippen LogP contribution in [0.1, 0.15) is 35.4 Å². The summed E-state index contributed by atoms with van der Waals surface area (Å²) in [5.41, 5.74) is 2.91. The Bertz CT molecular complexity index is 895. The molecular weight excluding hydrogens is 371 g/mol. The van der Waals surface area contributed by atoms with Crippen LogP contribution >= 0.6 is 27.5 Å². The van der Waals surface area contributed by atoms with Crippen molar-refractivity contribution < 1.29 is 9.50 Å². The molecule has 22 heavy (non-hydrogen) atoms. The van der Waals surface area contributed by atoms with Gasteiger partial charge in [0.05, 0.1) is 22.0 Å². The molecule has 1 unspecified atom stereocenters. The molecule has 0 aliphatic heterocycles. The fraction of sp³-hybridized carbons (Fsp3) is 0.188. The van der Waals surface area contributed by atoms with Gasteiger partial charge in [-0.2, -0.15) is 0 Å². The van der Waals surface area contributed by atoms with Gasteiger partial charge in [0.15, 0.2) is 0 Å². The number of rotatable bonds is 1. The van der Waals surface area contributed by atoms with Crippen molar-refractivity contribution in [2.75, 3.05) is 0 Å². The number of benzene rings is 1. The van der Waals surface area contributed by atoms with E-state index in [-0.39, 0.29) is 11.7 Å². The van der Waals surface area contributed by atoms with Crippen LogP contribution in [-0.4, -0.2) is 14.5 Å². The molecule has 0 saturated carbocycles. The summed E-state index contributed by atoms with van der Waals surface area (Å²) in [6.07, 6.45) is 1.51. The van der Waals surface area contributed by atoms with Crippen LogP contribution in [-0.2, 0) is 0 Å². The molecule has 112 valence electrons. The molecule has 0 spiro atoms. The maximum Gasteiger partial charge on any atom is 0.142 e. The van der Waals surface area contributed by atoms with E-state index in [1.54, 1.807) is 6.20 Å². The van der Waals surface area contributed by atoms with E-state index in [4.69, 9.17) is 11.6 Å². The van der Waals surface area contributed by atoms with Gasteiger partial charge in [0.25, 0.3) is 0 Å². The number of hydrogen-bond donors (Lipinski definition) is 1.